The summed E-state index contributed by atoms with van der Waals surface area (Å²) in [6.07, 6.45) is 4.20. The third-order valence-corrected chi connectivity index (χ3v) is 5.22. The van der Waals surface area contributed by atoms with Crippen molar-refractivity contribution in [2.24, 2.45) is 5.92 Å². The van der Waals surface area contributed by atoms with Crippen molar-refractivity contribution in [3.63, 3.8) is 0 Å². The molecule has 0 radical (unpaired) electrons. The predicted octanol–water partition coefficient (Wildman–Crippen LogP) is 2.10. The van der Waals surface area contributed by atoms with Gasteiger partial charge < -0.3 is 10.2 Å². The molecule has 2 N–H and O–H groups in total. The second-order valence-corrected chi connectivity index (χ2v) is 7.07. The molecule has 2 saturated heterocycles. The van der Waals surface area contributed by atoms with Crippen LogP contribution in [0.5, 0.6) is 0 Å². The lowest BCUT2D eigenvalue weighted by Gasteiger charge is -2.47. The lowest BCUT2D eigenvalue weighted by Crippen LogP contribution is -2.65. The fraction of sp³-hybridized carbons (Fsp3) is 0.562. The van der Waals surface area contributed by atoms with Gasteiger partial charge in [0.2, 0.25) is 5.91 Å². The molecule has 2 fully saturated rings. The van der Waals surface area contributed by atoms with Crippen LogP contribution in [0.4, 0.5) is 5.82 Å². The number of piperidine rings is 1. The summed E-state index contributed by atoms with van der Waals surface area (Å²) in [7, 11) is 1.64. The maximum atomic E-state index is 12.2. The van der Waals surface area contributed by atoms with Gasteiger partial charge in [-0.3, -0.25) is 15.1 Å². The van der Waals surface area contributed by atoms with E-state index in [1.807, 2.05) is 13.0 Å². The number of rotatable bonds is 2. The van der Waals surface area contributed by atoms with Crippen molar-refractivity contribution in [3.05, 3.63) is 23.4 Å². The smallest absolute Gasteiger partial charge is 0.231 e. The summed E-state index contributed by atoms with van der Waals surface area (Å²) < 4.78 is 0. The number of hydrogen-bond acceptors (Lipinski definition) is 4. The molecule has 1 amide bonds. The Balaban J connectivity index is 1.78. The Morgan fingerprint density at radius 2 is 2.30 bits per heavy atom. The predicted molar refractivity (Wildman–Crippen MR) is 90.8 cm³/mol. The molecule has 1 aromatic rings. The number of aromatic nitrogens is 1. The number of anilines is 1. The van der Waals surface area contributed by atoms with Gasteiger partial charge in [-0.15, -0.1) is 0 Å². The number of nitrogens with zero attached hydrogens (tertiary/aromatic N) is 3. The van der Waals surface area contributed by atoms with Crippen molar-refractivity contribution in [2.45, 2.75) is 31.7 Å². The van der Waals surface area contributed by atoms with Gasteiger partial charge in [-0.25, -0.2) is 4.98 Å². The SMILES string of the molecule is CN1C(=N)N[C@](C)(C2CCCN(c3cc(Cl)ccn3)C2)CC1=O. The molecule has 1 aromatic heterocycles. The molecular weight excluding hydrogens is 314 g/mol. The van der Waals surface area contributed by atoms with Crippen molar-refractivity contribution < 1.29 is 4.79 Å². The second-order valence-electron chi connectivity index (χ2n) is 6.64. The third-order valence-electron chi connectivity index (χ3n) is 4.99. The minimum atomic E-state index is -0.391. The van der Waals surface area contributed by atoms with E-state index < -0.39 is 5.54 Å². The molecule has 1 unspecified atom stereocenters. The van der Waals surface area contributed by atoms with Crippen LogP contribution >= 0.6 is 11.6 Å². The van der Waals surface area contributed by atoms with E-state index in [1.54, 1.807) is 19.3 Å². The van der Waals surface area contributed by atoms with Crippen LogP contribution < -0.4 is 10.2 Å². The van der Waals surface area contributed by atoms with Gasteiger partial charge in [-0.05, 0) is 37.8 Å². The summed E-state index contributed by atoms with van der Waals surface area (Å²) in [5.41, 5.74) is -0.391. The van der Waals surface area contributed by atoms with Gasteiger partial charge in [0.15, 0.2) is 5.96 Å². The van der Waals surface area contributed by atoms with E-state index in [-0.39, 0.29) is 17.8 Å². The van der Waals surface area contributed by atoms with E-state index >= 15 is 0 Å². The first-order valence-electron chi connectivity index (χ1n) is 7.89. The van der Waals surface area contributed by atoms with Crippen molar-refractivity contribution in [1.29, 1.82) is 5.41 Å². The highest BCUT2D eigenvalue weighted by molar-refractivity contribution is 6.30. The van der Waals surface area contributed by atoms with Crippen molar-refractivity contribution in [3.8, 4) is 0 Å². The van der Waals surface area contributed by atoms with Gasteiger partial charge in [0.1, 0.15) is 5.82 Å². The van der Waals surface area contributed by atoms with E-state index in [1.165, 1.54) is 4.90 Å². The van der Waals surface area contributed by atoms with Crippen LogP contribution in [0.3, 0.4) is 0 Å². The van der Waals surface area contributed by atoms with Crippen LogP contribution in [0.2, 0.25) is 5.02 Å². The number of halogens is 1. The van der Waals surface area contributed by atoms with Crippen LogP contribution in [0.15, 0.2) is 18.3 Å². The number of carbonyl (C=O) groups excluding carboxylic acids is 1. The molecular formula is C16H22ClN5O. The molecule has 3 rings (SSSR count). The van der Waals surface area contributed by atoms with E-state index in [2.05, 4.69) is 15.2 Å². The molecule has 23 heavy (non-hydrogen) atoms. The zero-order chi connectivity index (χ0) is 16.6. The molecule has 2 aliphatic heterocycles. The molecule has 0 spiro atoms. The highest BCUT2D eigenvalue weighted by atomic mass is 35.5. The number of guanidine groups is 1. The Morgan fingerprint density at radius 1 is 1.52 bits per heavy atom. The van der Waals surface area contributed by atoms with Crippen LogP contribution in [0, 0.1) is 11.3 Å². The van der Waals surface area contributed by atoms with Crippen molar-refractivity contribution in [2.75, 3.05) is 25.0 Å². The zero-order valence-electron chi connectivity index (χ0n) is 13.5. The fourth-order valence-electron chi connectivity index (χ4n) is 3.47. The molecule has 2 aliphatic rings. The quantitative estimate of drug-likeness (QED) is 0.868. The van der Waals surface area contributed by atoms with Crippen molar-refractivity contribution >= 4 is 29.3 Å². The zero-order valence-corrected chi connectivity index (χ0v) is 14.2. The Bertz CT molecular complexity index is 617. The first kappa shape index (κ1) is 16.1. The number of amides is 1. The Morgan fingerprint density at radius 3 is 3.00 bits per heavy atom. The average molecular weight is 336 g/mol. The summed E-state index contributed by atoms with van der Waals surface area (Å²) in [5.74, 6) is 1.33. The van der Waals surface area contributed by atoms with Crippen LogP contribution in [-0.2, 0) is 4.79 Å². The van der Waals surface area contributed by atoms with Crippen LogP contribution in [0.1, 0.15) is 26.2 Å². The molecule has 124 valence electrons. The molecule has 0 aliphatic carbocycles. The van der Waals surface area contributed by atoms with Gasteiger partial charge in [0, 0.05) is 31.4 Å². The molecule has 7 heteroatoms. The maximum absolute atomic E-state index is 12.2. The molecule has 6 nitrogen and oxygen atoms in total. The van der Waals surface area contributed by atoms with Crippen LogP contribution in [-0.4, -0.2) is 47.4 Å². The van der Waals surface area contributed by atoms with Gasteiger partial charge in [-0.1, -0.05) is 11.6 Å². The topological polar surface area (TPSA) is 72.3 Å². The Kier molecular flexibility index (Phi) is 4.19. The summed E-state index contributed by atoms with van der Waals surface area (Å²) in [4.78, 5) is 20.2. The molecule has 0 saturated carbocycles. The van der Waals surface area contributed by atoms with Gasteiger partial charge >= 0.3 is 0 Å². The Labute approximate surface area is 141 Å². The number of nitrogens with one attached hydrogen (secondary N) is 2. The van der Waals surface area contributed by atoms with Gasteiger partial charge in [0.25, 0.3) is 0 Å². The fourth-order valence-corrected chi connectivity index (χ4v) is 3.63. The highest BCUT2D eigenvalue weighted by Crippen LogP contribution is 2.34. The molecule has 3 heterocycles. The lowest BCUT2D eigenvalue weighted by atomic mass is 9.76. The van der Waals surface area contributed by atoms with E-state index in [0.29, 0.717) is 11.4 Å². The highest BCUT2D eigenvalue weighted by Gasteiger charge is 2.43. The Hall–Kier alpha value is -1.82. The number of pyridine rings is 1. The third kappa shape index (κ3) is 3.13. The minimum Gasteiger partial charge on any atom is -0.356 e. The van der Waals surface area contributed by atoms with E-state index in [9.17, 15) is 4.79 Å². The standard InChI is InChI=1S/C16H22ClN5O/c1-16(9-14(23)21(2)15(18)20-16)11-4-3-7-22(10-11)13-8-12(17)5-6-19-13/h5-6,8,11H,3-4,7,9-10H2,1-2H3,(H2,18,20)/t11?,16-/m0/s1. The minimum absolute atomic E-state index is 0.00532. The summed E-state index contributed by atoms with van der Waals surface area (Å²) in [5, 5.41) is 11.9. The normalized spacial score (nSPS) is 28.7. The first-order valence-corrected chi connectivity index (χ1v) is 8.27. The largest absolute Gasteiger partial charge is 0.356 e. The maximum Gasteiger partial charge on any atom is 0.231 e. The summed E-state index contributed by atoms with van der Waals surface area (Å²) in [6, 6.07) is 3.65. The van der Waals surface area contributed by atoms with E-state index in [4.69, 9.17) is 17.0 Å². The van der Waals surface area contributed by atoms with Gasteiger partial charge in [-0.2, -0.15) is 0 Å². The lowest BCUT2D eigenvalue weighted by molar-refractivity contribution is -0.130. The molecule has 0 bridgehead atoms. The second kappa shape index (κ2) is 6.00. The molecule has 2 atom stereocenters. The monoisotopic (exact) mass is 335 g/mol. The summed E-state index contributed by atoms with van der Waals surface area (Å²) >= 11 is 6.07. The summed E-state index contributed by atoms with van der Waals surface area (Å²) in [6.45, 7) is 3.79. The van der Waals surface area contributed by atoms with Crippen molar-refractivity contribution in [1.82, 2.24) is 15.2 Å². The number of carbonyl (C=O) groups is 1. The van der Waals surface area contributed by atoms with E-state index in [0.717, 1.165) is 31.7 Å². The number of hydrogen-bond donors (Lipinski definition) is 2. The van der Waals surface area contributed by atoms with Crippen LogP contribution in [0.25, 0.3) is 0 Å². The first-order chi connectivity index (χ1) is 10.9. The molecule has 0 aromatic carbocycles. The average Bonchev–Trinajstić information content (AvgIpc) is 2.53. The van der Waals surface area contributed by atoms with Gasteiger partial charge in [0.05, 0.1) is 12.0 Å².